The van der Waals surface area contributed by atoms with Crippen LogP contribution in [-0.2, 0) is 6.42 Å². The van der Waals surface area contributed by atoms with Gasteiger partial charge in [0.15, 0.2) is 0 Å². The molecule has 0 radical (unpaired) electrons. The summed E-state index contributed by atoms with van der Waals surface area (Å²) in [5, 5.41) is 0.910. The molecule has 1 unspecified atom stereocenters. The van der Waals surface area contributed by atoms with Gasteiger partial charge in [-0.1, -0.05) is 23.9 Å². The van der Waals surface area contributed by atoms with Crippen molar-refractivity contribution >= 4 is 11.8 Å². The Morgan fingerprint density at radius 1 is 1.24 bits per heavy atom. The predicted molar refractivity (Wildman–Crippen MR) is 70.0 cm³/mol. The van der Waals surface area contributed by atoms with Gasteiger partial charge in [-0.3, -0.25) is 4.98 Å². The lowest BCUT2D eigenvalue weighted by molar-refractivity contribution is 0.737. The Bertz CT molecular complexity index is 454. The van der Waals surface area contributed by atoms with E-state index in [0.29, 0.717) is 0 Å². The molecular formula is C13H15N3S. The molecule has 0 saturated carbocycles. The van der Waals surface area contributed by atoms with E-state index in [1.807, 2.05) is 6.92 Å². The van der Waals surface area contributed by atoms with E-state index in [9.17, 15) is 0 Å². The summed E-state index contributed by atoms with van der Waals surface area (Å²) in [4.78, 5) is 9.43. The first-order valence-corrected chi connectivity index (χ1v) is 6.34. The molecule has 0 aliphatic heterocycles. The zero-order valence-corrected chi connectivity index (χ0v) is 10.5. The van der Waals surface area contributed by atoms with Gasteiger partial charge in [-0.2, -0.15) is 0 Å². The van der Waals surface area contributed by atoms with Gasteiger partial charge >= 0.3 is 0 Å². The SMILES string of the molecule is CC(N)Cc1ccc(Sc2cnccn2)cc1. The van der Waals surface area contributed by atoms with Crippen LogP contribution in [0.25, 0.3) is 0 Å². The van der Waals surface area contributed by atoms with E-state index >= 15 is 0 Å². The lowest BCUT2D eigenvalue weighted by Gasteiger charge is -2.06. The molecule has 1 heterocycles. The van der Waals surface area contributed by atoms with Crippen molar-refractivity contribution in [3.8, 4) is 0 Å². The topological polar surface area (TPSA) is 51.8 Å². The lowest BCUT2D eigenvalue weighted by atomic mass is 10.1. The second-order valence-corrected chi connectivity index (χ2v) is 5.06. The molecule has 0 aliphatic carbocycles. The van der Waals surface area contributed by atoms with Crippen molar-refractivity contribution in [2.45, 2.75) is 29.3 Å². The Balaban J connectivity index is 2.03. The van der Waals surface area contributed by atoms with Crippen LogP contribution in [0.5, 0.6) is 0 Å². The Labute approximate surface area is 105 Å². The van der Waals surface area contributed by atoms with Crippen LogP contribution < -0.4 is 5.73 Å². The zero-order chi connectivity index (χ0) is 12.1. The Hall–Kier alpha value is -1.39. The Morgan fingerprint density at radius 3 is 2.59 bits per heavy atom. The van der Waals surface area contributed by atoms with Gasteiger partial charge in [0.05, 0.1) is 6.20 Å². The van der Waals surface area contributed by atoms with Crippen LogP contribution in [0, 0.1) is 0 Å². The van der Waals surface area contributed by atoms with E-state index in [1.54, 1.807) is 30.4 Å². The molecule has 0 amide bonds. The summed E-state index contributed by atoms with van der Waals surface area (Å²) in [5.41, 5.74) is 7.03. The molecule has 3 nitrogen and oxygen atoms in total. The Morgan fingerprint density at radius 2 is 2.00 bits per heavy atom. The van der Waals surface area contributed by atoms with Gasteiger partial charge in [0.2, 0.25) is 0 Å². The standard InChI is InChI=1S/C13H15N3S/c1-10(14)8-11-2-4-12(5-3-11)17-13-9-15-6-7-16-13/h2-7,9-10H,8,14H2,1H3. The summed E-state index contributed by atoms with van der Waals surface area (Å²) in [7, 11) is 0. The van der Waals surface area contributed by atoms with Crippen molar-refractivity contribution in [3.63, 3.8) is 0 Å². The van der Waals surface area contributed by atoms with Crippen molar-refractivity contribution in [3.05, 3.63) is 48.4 Å². The number of hydrogen-bond donors (Lipinski definition) is 1. The first-order chi connectivity index (χ1) is 8.24. The number of nitrogens with zero attached hydrogens (tertiary/aromatic N) is 2. The summed E-state index contributed by atoms with van der Waals surface area (Å²) < 4.78 is 0. The summed E-state index contributed by atoms with van der Waals surface area (Å²) in [6.07, 6.45) is 6.05. The average Bonchev–Trinajstić information content (AvgIpc) is 2.32. The highest BCUT2D eigenvalue weighted by molar-refractivity contribution is 7.99. The third kappa shape index (κ3) is 3.84. The second kappa shape index (κ2) is 5.80. The van der Waals surface area contributed by atoms with E-state index in [1.165, 1.54) is 10.5 Å². The molecule has 1 aromatic heterocycles. The molecule has 17 heavy (non-hydrogen) atoms. The van der Waals surface area contributed by atoms with Gasteiger partial charge < -0.3 is 5.73 Å². The molecule has 4 heteroatoms. The Kier molecular flexibility index (Phi) is 4.12. The number of hydrogen-bond acceptors (Lipinski definition) is 4. The van der Waals surface area contributed by atoms with Crippen LogP contribution in [0.1, 0.15) is 12.5 Å². The number of benzene rings is 1. The molecule has 1 aromatic carbocycles. The van der Waals surface area contributed by atoms with Crippen LogP contribution in [-0.4, -0.2) is 16.0 Å². The van der Waals surface area contributed by atoms with Gasteiger partial charge in [-0.15, -0.1) is 0 Å². The van der Waals surface area contributed by atoms with Gasteiger partial charge in [0, 0.05) is 23.3 Å². The average molecular weight is 245 g/mol. The van der Waals surface area contributed by atoms with Crippen molar-refractivity contribution < 1.29 is 0 Å². The monoisotopic (exact) mass is 245 g/mol. The van der Waals surface area contributed by atoms with Crippen LogP contribution in [0.15, 0.2) is 52.8 Å². The maximum absolute atomic E-state index is 5.76. The minimum absolute atomic E-state index is 0.202. The molecule has 2 aromatic rings. The summed E-state index contributed by atoms with van der Waals surface area (Å²) in [5.74, 6) is 0. The highest BCUT2D eigenvalue weighted by Crippen LogP contribution is 2.25. The molecule has 0 spiro atoms. The smallest absolute Gasteiger partial charge is 0.119 e. The fourth-order valence-corrected chi connectivity index (χ4v) is 2.27. The van der Waals surface area contributed by atoms with E-state index < -0.39 is 0 Å². The molecule has 0 bridgehead atoms. The third-order valence-electron chi connectivity index (χ3n) is 2.24. The molecule has 0 fully saturated rings. The maximum atomic E-state index is 5.76. The number of nitrogens with two attached hydrogens (primary N) is 1. The van der Waals surface area contributed by atoms with Gasteiger partial charge in [-0.05, 0) is 31.0 Å². The summed E-state index contributed by atoms with van der Waals surface area (Å²) in [6, 6.07) is 8.62. The van der Waals surface area contributed by atoms with Crippen molar-refractivity contribution in [1.29, 1.82) is 0 Å². The van der Waals surface area contributed by atoms with Gasteiger partial charge in [0.1, 0.15) is 5.03 Å². The van der Waals surface area contributed by atoms with Crippen molar-refractivity contribution in [2.24, 2.45) is 5.73 Å². The first kappa shape index (κ1) is 12.1. The minimum atomic E-state index is 0.202. The predicted octanol–water partition coefficient (Wildman–Crippen LogP) is 2.52. The van der Waals surface area contributed by atoms with E-state index in [4.69, 9.17) is 5.73 Å². The molecule has 88 valence electrons. The summed E-state index contributed by atoms with van der Waals surface area (Å²) >= 11 is 1.61. The molecule has 2 rings (SSSR count). The van der Waals surface area contributed by atoms with E-state index in [2.05, 4.69) is 34.2 Å². The highest BCUT2D eigenvalue weighted by atomic mass is 32.2. The minimum Gasteiger partial charge on any atom is -0.328 e. The molecule has 2 N–H and O–H groups in total. The van der Waals surface area contributed by atoms with Crippen molar-refractivity contribution in [1.82, 2.24) is 9.97 Å². The van der Waals surface area contributed by atoms with E-state index in [-0.39, 0.29) is 6.04 Å². The van der Waals surface area contributed by atoms with Gasteiger partial charge in [-0.25, -0.2) is 4.98 Å². The van der Waals surface area contributed by atoms with Crippen molar-refractivity contribution in [2.75, 3.05) is 0 Å². The van der Waals surface area contributed by atoms with Crippen LogP contribution >= 0.6 is 11.8 Å². The van der Waals surface area contributed by atoms with Gasteiger partial charge in [0.25, 0.3) is 0 Å². The maximum Gasteiger partial charge on any atom is 0.119 e. The normalized spacial score (nSPS) is 12.4. The molecule has 1 atom stereocenters. The number of rotatable bonds is 4. The largest absolute Gasteiger partial charge is 0.328 e. The van der Waals surface area contributed by atoms with Crippen LogP contribution in [0.2, 0.25) is 0 Å². The molecule has 0 aliphatic rings. The number of aromatic nitrogens is 2. The van der Waals surface area contributed by atoms with E-state index in [0.717, 1.165) is 11.4 Å². The molecule has 0 saturated heterocycles. The fraction of sp³-hybridized carbons (Fsp3) is 0.231. The first-order valence-electron chi connectivity index (χ1n) is 5.52. The fourth-order valence-electron chi connectivity index (χ4n) is 1.52. The molecular weight excluding hydrogens is 230 g/mol. The van der Waals surface area contributed by atoms with Crippen LogP contribution in [0.4, 0.5) is 0 Å². The van der Waals surface area contributed by atoms with Crippen LogP contribution in [0.3, 0.4) is 0 Å². The zero-order valence-electron chi connectivity index (χ0n) is 9.71. The summed E-state index contributed by atoms with van der Waals surface area (Å²) in [6.45, 7) is 2.02. The lowest BCUT2D eigenvalue weighted by Crippen LogP contribution is -2.17. The highest BCUT2D eigenvalue weighted by Gasteiger charge is 2.00. The third-order valence-corrected chi connectivity index (χ3v) is 3.17. The quantitative estimate of drug-likeness (QED) is 0.899. The second-order valence-electron chi connectivity index (χ2n) is 3.97.